The molecule has 0 aliphatic heterocycles. The molecule has 0 bridgehead atoms. The molecule has 0 rings (SSSR count). The molecule has 3 heteroatoms. The van der Waals surface area contributed by atoms with Gasteiger partial charge in [0.05, 0.1) is 13.7 Å². The summed E-state index contributed by atoms with van der Waals surface area (Å²) in [5.74, 6) is 0. The van der Waals surface area contributed by atoms with Gasteiger partial charge in [0.2, 0.25) is 6.43 Å². The van der Waals surface area contributed by atoms with Gasteiger partial charge in [-0.05, 0) is 0 Å². The van der Waals surface area contributed by atoms with E-state index in [0.29, 0.717) is 0 Å². The van der Waals surface area contributed by atoms with Crippen LogP contribution in [0.4, 0.5) is 8.78 Å². The van der Waals surface area contributed by atoms with Crippen LogP contribution in [0.15, 0.2) is 0 Å². The molecule has 7 heavy (non-hydrogen) atoms. The van der Waals surface area contributed by atoms with Crippen molar-refractivity contribution >= 4 is 0 Å². The van der Waals surface area contributed by atoms with Crippen LogP contribution in [0.5, 0.6) is 0 Å². The number of ether oxygens (including phenoxy) is 1. The summed E-state index contributed by atoms with van der Waals surface area (Å²) in [5.41, 5.74) is 0. The van der Waals surface area contributed by atoms with E-state index in [0.717, 1.165) is 0 Å². The van der Waals surface area contributed by atoms with Crippen molar-refractivity contribution in [2.45, 2.75) is 12.8 Å². The monoisotopic (exact) mass is 109 g/mol. The van der Waals surface area contributed by atoms with Gasteiger partial charge in [-0.3, -0.25) is 0 Å². The lowest BCUT2D eigenvalue weighted by molar-refractivity contribution is 0.100. The van der Waals surface area contributed by atoms with Gasteiger partial charge >= 0.3 is 0 Å². The predicted octanol–water partition coefficient (Wildman–Crippen LogP) is 1.45. The van der Waals surface area contributed by atoms with Gasteiger partial charge in [-0.25, -0.2) is 8.78 Å². The van der Waals surface area contributed by atoms with Crippen LogP contribution in [-0.2, 0) is 4.74 Å². The molecule has 0 saturated heterocycles. The average Bonchev–Trinajstić information content (AvgIpc) is 1.61. The molecule has 1 nitrogen and oxygen atoms in total. The Labute approximate surface area is 41.3 Å². The van der Waals surface area contributed by atoms with Gasteiger partial charge in [0, 0.05) is 6.42 Å². The van der Waals surface area contributed by atoms with Gasteiger partial charge < -0.3 is 4.74 Å². The first-order chi connectivity index (χ1) is 3.27. The molecule has 0 aliphatic carbocycles. The molecule has 0 amide bonds. The smallest absolute Gasteiger partial charge is 0.240 e. The zero-order chi connectivity index (χ0) is 5.70. The summed E-state index contributed by atoms with van der Waals surface area (Å²) in [7, 11) is 2.92. The third-order valence-electron chi connectivity index (χ3n) is 0.480. The van der Waals surface area contributed by atoms with Crippen LogP contribution in [0.2, 0.25) is 0 Å². The van der Waals surface area contributed by atoms with Crippen LogP contribution in [0, 0.1) is 7.11 Å². The molecule has 0 atom stereocenters. The van der Waals surface area contributed by atoms with E-state index in [1.807, 2.05) is 0 Å². The standard InChI is InChI=1S/C4H7F2O/c1-7-3-2-4(5)6/h4H,1-3H2. The molecule has 0 aromatic rings. The third-order valence-corrected chi connectivity index (χ3v) is 0.480. The van der Waals surface area contributed by atoms with Crippen LogP contribution in [0.1, 0.15) is 6.42 Å². The van der Waals surface area contributed by atoms with Crippen molar-refractivity contribution in [1.82, 2.24) is 0 Å². The number of alkyl halides is 2. The first-order valence-electron chi connectivity index (χ1n) is 1.92. The van der Waals surface area contributed by atoms with E-state index >= 15 is 0 Å². The van der Waals surface area contributed by atoms with Crippen molar-refractivity contribution in [3.05, 3.63) is 7.11 Å². The highest BCUT2D eigenvalue weighted by Crippen LogP contribution is 1.96. The zero-order valence-corrected chi connectivity index (χ0v) is 3.86. The summed E-state index contributed by atoms with van der Waals surface area (Å²) >= 11 is 0. The Balaban J connectivity index is 2.68. The quantitative estimate of drug-likeness (QED) is 0.533. The molecule has 0 fully saturated rings. The number of hydrogen-bond donors (Lipinski definition) is 0. The fraction of sp³-hybridized carbons (Fsp3) is 0.750. The van der Waals surface area contributed by atoms with Gasteiger partial charge in [-0.15, -0.1) is 0 Å². The number of hydrogen-bond acceptors (Lipinski definition) is 1. The second-order valence-electron chi connectivity index (χ2n) is 1.09. The largest absolute Gasteiger partial charge is 0.379 e. The predicted molar refractivity (Wildman–Crippen MR) is 21.9 cm³/mol. The normalized spacial score (nSPS) is 10.3. The van der Waals surface area contributed by atoms with Crippen LogP contribution >= 0.6 is 0 Å². The number of halogens is 2. The molecule has 0 saturated carbocycles. The van der Waals surface area contributed by atoms with Gasteiger partial charge in [0.15, 0.2) is 0 Å². The molecule has 0 heterocycles. The van der Waals surface area contributed by atoms with E-state index in [9.17, 15) is 8.78 Å². The van der Waals surface area contributed by atoms with E-state index in [-0.39, 0.29) is 13.0 Å². The first-order valence-corrected chi connectivity index (χ1v) is 1.92. The molecule has 43 valence electrons. The van der Waals surface area contributed by atoms with Gasteiger partial charge in [-0.2, -0.15) is 0 Å². The van der Waals surface area contributed by atoms with Crippen LogP contribution in [0.3, 0.4) is 0 Å². The molecular formula is C4H7F2O. The van der Waals surface area contributed by atoms with E-state index in [2.05, 4.69) is 11.8 Å². The van der Waals surface area contributed by atoms with Gasteiger partial charge in [0.1, 0.15) is 0 Å². The zero-order valence-electron chi connectivity index (χ0n) is 3.86. The fourth-order valence-corrected chi connectivity index (χ4v) is 0.172. The molecule has 0 N–H and O–H groups in total. The molecule has 1 radical (unpaired) electrons. The van der Waals surface area contributed by atoms with Gasteiger partial charge in [-0.1, -0.05) is 0 Å². The summed E-state index contributed by atoms with van der Waals surface area (Å²) in [6, 6.07) is 0. The highest BCUT2D eigenvalue weighted by molar-refractivity contribution is 4.35. The van der Waals surface area contributed by atoms with Crippen molar-refractivity contribution in [1.29, 1.82) is 0 Å². The molecule has 0 aliphatic rings. The lowest BCUT2D eigenvalue weighted by atomic mass is 10.5. The van der Waals surface area contributed by atoms with E-state index in [4.69, 9.17) is 0 Å². The Morgan fingerprint density at radius 2 is 2.14 bits per heavy atom. The Kier molecular flexibility index (Phi) is 3.89. The maximum Gasteiger partial charge on any atom is 0.240 e. The third kappa shape index (κ3) is 5.82. The van der Waals surface area contributed by atoms with Crippen molar-refractivity contribution in [2.75, 3.05) is 6.61 Å². The van der Waals surface area contributed by atoms with E-state index < -0.39 is 6.43 Å². The summed E-state index contributed by atoms with van der Waals surface area (Å²) < 4.78 is 26.4. The molecule has 0 aromatic heterocycles. The number of rotatable bonds is 3. The topological polar surface area (TPSA) is 9.23 Å². The van der Waals surface area contributed by atoms with Crippen molar-refractivity contribution in [3.63, 3.8) is 0 Å². The molecule has 0 spiro atoms. The molecule has 0 aromatic carbocycles. The lowest BCUT2D eigenvalue weighted by Gasteiger charge is -1.93. The van der Waals surface area contributed by atoms with Crippen molar-refractivity contribution in [2.24, 2.45) is 0 Å². The fourth-order valence-electron chi connectivity index (χ4n) is 0.172. The first kappa shape index (κ1) is 6.82. The van der Waals surface area contributed by atoms with Crippen LogP contribution < -0.4 is 0 Å². The highest BCUT2D eigenvalue weighted by Gasteiger charge is 1.98. The molecule has 0 unspecified atom stereocenters. The van der Waals surface area contributed by atoms with E-state index in [1.54, 1.807) is 0 Å². The minimum Gasteiger partial charge on any atom is -0.379 e. The summed E-state index contributed by atoms with van der Waals surface area (Å²) in [5, 5.41) is 0. The van der Waals surface area contributed by atoms with E-state index in [1.165, 1.54) is 0 Å². The summed E-state index contributed by atoms with van der Waals surface area (Å²) in [4.78, 5) is 0. The summed E-state index contributed by atoms with van der Waals surface area (Å²) in [6.45, 7) is 0.0394. The minimum atomic E-state index is -2.26. The highest BCUT2D eigenvalue weighted by atomic mass is 19.3. The average molecular weight is 109 g/mol. The van der Waals surface area contributed by atoms with Crippen LogP contribution in [0.25, 0.3) is 0 Å². The Bertz CT molecular complexity index is 38.7. The van der Waals surface area contributed by atoms with Gasteiger partial charge in [0.25, 0.3) is 0 Å². The second-order valence-corrected chi connectivity index (χ2v) is 1.09. The Morgan fingerprint density at radius 3 is 2.29 bits per heavy atom. The molecular weight excluding hydrogens is 102 g/mol. The lowest BCUT2D eigenvalue weighted by Crippen LogP contribution is -1.95. The Morgan fingerprint density at radius 1 is 1.57 bits per heavy atom. The SMILES string of the molecule is [CH2]OCCC(F)F. The summed E-state index contributed by atoms with van der Waals surface area (Å²) in [6.07, 6.45) is -2.48. The van der Waals surface area contributed by atoms with Crippen LogP contribution in [-0.4, -0.2) is 13.0 Å². The maximum atomic E-state index is 11.1. The van der Waals surface area contributed by atoms with Crippen molar-refractivity contribution < 1.29 is 13.5 Å². The maximum absolute atomic E-state index is 11.1. The van der Waals surface area contributed by atoms with Crippen molar-refractivity contribution in [3.8, 4) is 0 Å². The second kappa shape index (κ2) is 3.99. The Hall–Kier alpha value is -0.180. The minimum absolute atomic E-state index is 0.0394.